The Labute approximate surface area is 126 Å². The van der Waals surface area contributed by atoms with Crippen LogP contribution in [0.3, 0.4) is 0 Å². The van der Waals surface area contributed by atoms with Crippen LogP contribution < -0.4 is 5.32 Å². The maximum absolute atomic E-state index is 11.0. The zero-order chi connectivity index (χ0) is 15.4. The summed E-state index contributed by atoms with van der Waals surface area (Å²) in [6.07, 6.45) is 2.46. The SMILES string of the molecule is CCN1CCCC(C(C)Nc2ccc(C)c([N+](=O)[O-])c2)C1. The zero-order valence-corrected chi connectivity index (χ0v) is 13.1. The minimum atomic E-state index is -0.315. The minimum absolute atomic E-state index is 0.186. The van der Waals surface area contributed by atoms with Crippen LogP contribution in [-0.4, -0.2) is 35.5 Å². The summed E-state index contributed by atoms with van der Waals surface area (Å²) in [5, 5.41) is 14.5. The molecule has 0 aliphatic carbocycles. The van der Waals surface area contributed by atoms with Crippen molar-refractivity contribution < 1.29 is 4.92 Å². The lowest BCUT2D eigenvalue weighted by atomic mass is 9.91. The third-order valence-electron chi connectivity index (χ3n) is 4.50. The van der Waals surface area contributed by atoms with Gasteiger partial charge in [-0.3, -0.25) is 10.1 Å². The Morgan fingerprint density at radius 1 is 1.52 bits per heavy atom. The molecule has 1 N–H and O–H groups in total. The topological polar surface area (TPSA) is 58.4 Å². The van der Waals surface area contributed by atoms with Gasteiger partial charge in [0.15, 0.2) is 0 Å². The van der Waals surface area contributed by atoms with Gasteiger partial charge in [-0.2, -0.15) is 0 Å². The van der Waals surface area contributed by atoms with Crippen molar-refractivity contribution in [3.05, 3.63) is 33.9 Å². The van der Waals surface area contributed by atoms with E-state index in [0.29, 0.717) is 17.5 Å². The van der Waals surface area contributed by atoms with E-state index in [1.807, 2.05) is 12.1 Å². The monoisotopic (exact) mass is 291 g/mol. The molecule has 1 aromatic carbocycles. The van der Waals surface area contributed by atoms with Crippen molar-refractivity contribution in [2.24, 2.45) is 5.92 Å². The maximum Gasteiger partial charge on any atom is 0.274 e. The first-order valence-electron chi connectivity index (χ1n) is 7.75. The second-order valence-corrected chi connectivity index (χ2v) is 5.99. The standard InChI is InChI=1S/C16H25N3O2/c1-4-18-9-5-6-14(11-18)13(3)17-15-8-7-12(2)16(10-15)19(20)21/h7-8,10,13-14,17H,4-6,9,11H2,1-3H3. The van der Waals surface area contributed by atoms with Crippen molar-refractivity contribution in [3.63, 3.8) is 0 Å². The first kappa shape index (κ1) is 15.8. The third kappa shape index (κ3) is 3.94. The first-order valence-corrected chi connectivity index (χ1v) is 7.75. The molecule has 1 fully saturated rings. The summed E-state index contributed by atoms with van der Waals surface area (Å²) in [5.74, 6) is 0.596. The van der Waals surface area contributed by atoms with Gasteiger partial charge in [-0.05, 0) is 51.8 Å². The molecule has 2 atom stereocenters. The van der Waals surface area contributed by atoms with Gasteiger partial charge in [-0.1, -0.05) is 13.0 Å². The van der Waals surface area contributed by atoms with Crippen molar-refractivity contribution in [2.45, 2.75) is 39.7 Å². The van der Waals surface area contributed by atoms with Crippen LogP contribution in [0.15, 0.2) is 18.2 Å². The quantitative estimate of drug-likeness (QED) is 0.667. The Morgan fingerprint density at radius 2 is 2.29 bits per heavy atom. The molecule has 116 valence electrons. The second-order valence-electron chi connectivity index (χ2n) is 5.99. The highest BCUT2D eigenvalue weighted by Gasteiger charge is 2.24. The van der Waals surface area contributed by atoms with E-state index >= 15 is 0 Å². The number of nitrogens with one attached hydrogen (secondary N) is 1. The molecule has 1 saturated heterocycles. The van der Waals surface area contributed by atoms with Crippen molar-refractivity contribution in [1.82, 2.24) is 4.90 Å². The predicted molar refractivity (Wildman–Crippen MR) is 85.8 cm³/mol. The molecule has 0 radical (unpaired) electrons. The van der Waals surface area contributed by atoms with Crippen LogP contribution >= 0.6 is 0 Å². The molecule has 0 saturated carbocycles. The van der Waals surface area contributed by atoms with Crippen LogP contribution in [0.1, 0.15) is 32.3 Å². The number of anilines is 1. The Balaban J connectivity index is 2.03. The second kappa shape index (κ2) is 6.89. The molecule has 2 rings (SSSR count). The van der Waals surface area contributed by atoms with Crippen LogP contribution in [0.2, 0.25) is 0 Å². The van der Waals surface area contributed by atoms with E-state index < -0.39 is 0 Å². The fourth-order valence-electron chi connectivity index (χ4n) is 3.06. The van der Waals surface area contributed by atoms with Gasteiger partial charge in [0, 0.05) is 29.9 Å². The summed E-state index contributed by atoms with van der Waals surface area (Å²) in [6, 6.07) is 5.71. The largest absolute Gasteiger partial charge is 0.382 e. The normalized spacial score (nSPS) is 21.0. The summed E-state index contributed by atoms with van der Waals surface area (Å²) in [6.45, 7) is 9.54. The fourth-order valence-corrected chi connectivity index (χ4v) is 3.06. The summed E-state index contributed by atoms with van der Waals surface area (Å²) in [4.78, 5) is 13.2. The number of hydrogen-bond acceptors (Lipinski definition) is 4. The van der Waals surface area contributed by atoms with Crippen LogP contribution in [0.4, 0.5) is 11.4 Å². The van der Waals surface area contributed by atoms with E-state index in [2.05, 4.69) is 24.1 Å². The first-order chi connectivity index (χ1) is 10.0. The Hall–Kier alpha value is -1.62. The van der Waals surface area contributed by atoms with Crippen molar-refractivity contribution >= 4 is 11.4 Å². The van der Waals surface area contributed by atoms with Gasteiger partial charge >= 0.3 is 0 Å². The average Bonchev–Trinajstić information content (AvgIpc) is 2.49. The van der Waals surface area contributed by atoms with Gasteiger partial charge in [0.1, 0.15) is 0 Å². The zero-order valence-electron chi connectivity index (χ0n) is 13.1. The lowest BCUT2D eigenvalue weighted by Crippen LogP contribution is -2.41. The molecule has 0 aromatic heterocycles. The summed E-state index contributed by atoms with van der Waals surface area (Å²) >= 11 is 0. The van der Waals surface area contributed by atoms with E-state index in [1.54, 1.807) is 13.0 Å². The van der Waals surface area contributed by atoms with Crippen molar-refractivity contribution in [1.29, 1.82) is 0 Å². The maximum atomic E-state index is 11.0. The number of nitro benzene ring substituents is 1. The lowest BCUT2D eigenvalue weighted by molar-refractivity contribution is -0.385. The molecule has 0 bridgehead atoms. The molecule has 1 aliphatic heterocycles. The molecule has 5 nitrogen and oxygen atoms in total. The number of nitrogens with zero attached hydrogens (tertiary/aromatic N) is 2. The number of rotatable bonds is 5. The molecule has 2 unspecified atom stereocenters. The van der Waals surface area contributed by atoms with E-state index in [4.69, 9.17) is 0 Å². The van der Waals surface area contributed by atoms with Gasteiger partial charge in [0.2, 0.25) is 0 Å². The van der Waals surface area contributed by atoms with Crippen molar-refractivity contribution in [3.8, 4) is 0 Å². The highest BCUT2D eigenvalue weighted by molar-refractivity contribution is 5.55. The summed E-state index contributed by atoms with van der Waals surface area (Å²) in [5.41, 5.74) is 1.73. The highest BCUT2D eigenvalue weighted by Crippen LogP contribution is 2.26. The fraction of sp³-hybridized carbons (Fsp3) is 0.625. The van der Waals surface area contributed by atoms with Gasteiger partial charge in [-0.25, -0.2) is 0 Å². The number of hydrogen-bond donors (Lipinski definition) is 1. The smallest absolute Gasteiger partial charge is 0.274 e. The Kier molecular flexibility index (Phi) is 5.17. The van der Waals surface area contributed by atoms with Crippen LogP contribution in [0, 0.1) is 23.0 Å². The van der Waals surface area contributed by atoms with E-state index in [1.165, 1.54) is 19.4 Å². The number of likely N-dealkylation sites (tertiary alicyclic amines) is 1. The van der Waals surface area contributed by atoms with Gasteiger partial charge in [-0.15, -0.1) is 0 Å². The van der Waals surface area contributed by atoms with E-state index in [0.717, 1.165) is 18.8 Å². The van der Waals surface area contributed by atoms with Gasteiger partial charge in [0.05, 0.1) is 4.92 Å². The van der Waals surface area contributed by atoms with Gasteiger partial charge < -0.3 is 10.2 Å². The van der Waals surface area contributed by atoms with Gasteiger partial charge in [0.25, 0.3) is 5.69 Å². The minimum Gasteiger partial charge on any atom is -0.382 e. The van der Waals surface area contributed by atoms with Crippen LogP contribution in [-0.2, 0) is 0 Å². The molecule has 0 spiro atoms. The molecule has 1 aromatic rings. The van der Waals surface area contributed by atoms with Crippen LogP contribution in [0.25, 0.3) is 0 Å². The average molecular weight is 291 g/mol. The highest BCUT2D eigenvalue weighted by atomic mass is 16.6. The predicted octanol–water partition coefficient (Wildman–Crippen LogP) is 3.44. The number of benzene rings is 1. The Morgan fingerprint density at radius 3 is 2.95 bits per heavy atom. The summed E-state index contributed by atoms with van der Waals surface area (Å²) < 4.78 is 0. The molecule has 5 heteroatoms. The lowest BCUT2D eigenvalue weighted by Gasteiger charge is -2.35. The molecule has 0 amide bonds. The molecule has 1 heterocycles. The number of piperidine rings is 1. The number of aryl methyl sites for hydroxylation is 1. The van der Waals surface area contributed by atoms with Crippen LogP contribution in [0.5, 0.6) is 0 Å². The number of nitro groups is 1. The summed E-state index contributed by atoms with van der Waals surface area (Å²) in [7, 11) is 0. The molecule has 21 heavy (non-hydrogen) atoms. The molecular weight excluding hydrogens is 266 g/mol. The molecule has 1 aliphatic rings. The van der Waals surface area contributed by atoms with E-state index in [9.17, 15) is 10.1 Å². The Bertz CT molecular complexity index is 504. The molecular formula is C16H25N3O2. The van der Waals surface area contributed by atoms with E-state index in [-0.39, 0.29) is 10.6 Å². The third-order valence-corrected chi connectivity index (χ3v) is 4.50. The van der Waals surface area contributed by atoms with Crippen molar-refractivity contribution in [2.75, 3.05) is 25.0 Å².